The smallest absolute Gasteiger partial charge is 0.0660 e. The normalized spacial score (nSPS) is 15.3. The Morgan fingerprint density at radius 1 is 1.22 bits per heavy atom. The van der Waals surface area contributed by atoms with Gasteiger partial charge in [-0.05, 0) is 26.7 Å². The molecule has 0 radical (unpaired) electrons. The Labute approximate surface area is 113 Å². The van der Waals surface area contributed by atoms with Crippen LogP contribution >= 0.6 is 0 Å². The monoisotopic (exact) mass is 260 g/mol. The second kappa shape index (κ2) is 9.73. The first kappa shape index (κ1) is 17.8. The molecule has 18 heavy (non-hydrogen) atoms. The predicted octanol–water partition coefficient (Wildman–Crippen LogP) is 1.88. The molecule has 1 atom stereocenters. The quantitative estimate of drug-likeness (QED) is 0.616. The minimum absolute atomic E-state index is 0.106. The van der Waals surface area contributed by atoms with Crippen molar-refractivity contribution >= 4 is 0 Å². The molecule has 1 unspecified atom stereocenters. The van der Waals surface area contributed by atoms with Crippen molar-refractivity contribution in [2.75, 3.05) is 40.0 Å². The number of ether oxygens (including phenoxy) is 2. The van der Waals surface area contributed by atoms with Gasteiger partial charge in [0.25, 0.3) is 0 Å². The highest BCUT2D eigenvalue weighted by Gasteiger charge is 2.34. The van der Waals surface area contributed by atoms with Crippen molar-refractivity contribution in [2.45, 2.75) is 52.1 Å². The van der Waals surface area contributed by atoms with Crippen molar-refractivity contribution in [3.63, 3.8) is 0 Å². The zero-order chi connectivity index (χ0) is 14.0. The molecule has 0 heterocycles. The fourth-order valence-corrected chi connectivity index (χ4v) is 2.39. The molecule has 0 fully saturated rings. The number of rotatable bonds is 11. The van der Waals surface area contributed by atoms with Crippen LogP contribution in [0.1, 0.15) is 40.5 Å². The Morgan fingerprint density at radius 2 is 1.83 bits per heavy atom. The number of methoxy groups -OCH3 is 1. The van der Waals surface area contributed by atoms with Crippen LogP contribution in [0.25, 0.3) is 0 Å². The van der Waals surface area contributed by atoms with E-state index in [1.807, 2.05) is 6.92 Å². The first-order valence-electron chi connectivity index (χ1n) is 7.13. The van der Waals surface area contributed by atoms with Crippen LogP contribution in [0.3, 0.4) is 0 Å². The standard InChI is InChI=1S/C14H32N2O2/c1-6-13(7-2)16(9-10-17-5)14(4,11-15)12-18-8-3/h13H,6-12,15H2,1-5H3. The summed E-state index contributed by atoms with van der Waals surface area (Å²) in [5, 5.41) is 0. The van der Waals surface area contributed by atoms with E-state index in [2.05, 4.69) is 25.7 Å². The molecule has 0 aromatic rings. The highest BCUT2D eigenvalue weighted by Crippen LogP contribution is 2.21. The van der Waals surface area contributed by atoms with E-state index in [0.29, 0.717) is 19.2 Å². The molecule has 0 spiro atoms. The lowest BCUT2D eigenvalue weighted by Crippen LogP contribution is -2.59. The third kappa shape index (κ3) is 5.22. The van der Waals surface area contributed by atoms with Crippen LogP contribution in [0.2, 0.25) is 0 Å². The number of nitrogens with zero attached hydrogens (tertiary/aromatic N) is 1. The summed E-state index contributed by atoms with van der Waals surface area (Å²) in [5.41, 5.74) is 5.90. The topological polar surface area (TPSA) is 47.7 Å². The molecule has 4 nitrogen and oxygen atoms in total. The van der Waals surface area contributed by atoms with Crippen LogP contribution in [0.4, 0.5) is 0 Å². The maximum absolute atomic E-state index is 6.01. The van der Waals surface area contributed by atoms with Gasteiger partial charge in [0.2, 0.25) is 0 Å². The predicted molar refractivity (Wildman–Crippen MR) is 76.9 cm³/mol. The lowest BCUT2D eigenvalue weighted by atomic mass is 9.96. The van der Waals surface area contributed by atoms with Gasteiger partial charge in [0.15, 0.2) is 0 Å². The summed E-state index contributed by atoms with van der Waals surface area (Å²) in [6.07, 6.45) is 2.25. The zero-order valence-corrected chi connectivity index (χ0v) is 12.9. The molecule has 2 N–H and O–H groups in total. The highest BCUT2D eigenvalue weighted by atomic mass is 16.5. The fraction of sp³-hybridized carbons (Fsp3) is 1.00. The summed E-state index contributed by atoms with van der Waals surface area (Å²) in [6.45, 7) is 12.3. The van der Waals surface area contributed by atoms with Crippen LogP contribution in [0, 0.1) is 0 Å². The first-order valence-corrected chi connectivity index (χ1v) is 7.13. The molecule has 0 bridgehead atoms. The molecule has 0 aliphatic carbocycles. The van der Waals surface area contributed by atoms with Gasteiger partial charge in [-0.2, -0.15) is 0 Å². The highest BCUT2D eigenvalue weighted by molar-refractivity contribution is 4.91. The Balaban J connectivity index is 4.84. The average Bonchev–Trinajstić information content (AvgIpc) is 2.40. The van der Waals surface area contributed by atoms with E-state index in [1.54, 1.807) is 7.11 Å². The summed E-state index contributed by atoms with van der Waals surface area (Å²) >= 11 is 0. The van der Waals surface area contributed by atoms with E-state index in [0.717, 1.165) is 32.6 Å². The fourth-order valence-electron chi connectivity index (χ4n) is 2.39. The summed E-state index contributed by atoms with van der Waals surface area (Å²) in [6, 6.07) is 0.536. The number of hydrogen-bond acceptors (Lipinski definition) is 4. The van der Waals surface area contributed by atoms with Crippen LogP contribution in [0.15, 0.2) is 0 Å². The van der Waals surface area contributed by atoms with Gasteiger partial charge in [-0.15, -0.1) is 0 Å². The molecule has 0 amide bonds. The van der Waals surface area contributed by atoms with Gasteiger partial charge < -0.3 is 15.2 Å². The average molecular weight is 260 g/mol. The molecule has 0 aromatic carbocycles. The first-order chi connectivity index (χ1) is 8.59. The third-order valence-electron chi connectivity index (χ3n) is 3.67. The molecule has 0 aliphatic rings. The maximum Gasteiger partial charge on any atom is 0.0660 e. The van der Waals surface area contributed by atoms with Crippen LogP contribution < -0.4 is 5.73 Å². The lowest BCUT2D eigenvalue weighted by Gasteiger charge is -2.45. The minimum atomic E-state index is -0.106. The largest absolute Gasteiger partial charge is 0.383 e. The third-order valence-corrected chi connectivity index (χ3v) is 3.67. The second-order valence-electron chi connectivity index (χ2n) is 4.99. The van der Waals surface area contributed by atoms with E-state index in [9.17, 15) is 0 Å². The molecule has 0 saturated heterocycles. The SMILES string of the molecule is CCOCC(C)(CN)N(CCOC)C(CC)CC. The Kier molecular flexibility index (Phi) is 9.64. The molecule has 0 rings (SSSR count). The Morgan fingerprint density at radius 3 is 2.22 bits per heavy atom. The summed E-state index contributed by atoms with van der Waals surface area (Å²) < 4.78 is 10.9. The summed E-state index contributed by atoms with van der Waals surface area (Å²) in [4.78, 5) is 2.46. The van der Waals surface area contributed by atoms with E-state index in [-0.39, 0.29) is 5.54 Å². The second-order valence-corrected chi connectivity index (χ2v) is 4.99. The van der Waals surface area contributed by atoms with Gasteiger partial charge in [-0.3, -0.25) is 4.90 Å². The van der Waals surface area contributed by atoms with Gasteiger partial charge in [-0.1, -0.05) is 13.8 Å². The van der Waals surface area contributed by atoms with E-state index in [1.165, 1.54) is 0 Å². The van der Waals surface area contributed by atoms with Crippen molar-refractivity contribution in [1.29, 1.82) is 0 Å². The van der Waals surface area contributed by atoms with Crippen molar-refractivity contribution in [3.05, 3.63) is 0 Å². The van der Waals surface area contributed by atoms with E-state index < -0.39 is 0 Å². The Hall–Kier alpha value is -0.160. The van der Waals surface area contributed by atoms with E-state index in [4.69, 9.17) is 15.2 Å². The van der Waals surface area contributed by atoms with Gasteiger partial charge >= 0.3 is 0 Å². The molecule has 0 aromatic heterocycles. The van der Waals surface area contributed by atoms with Gasteiger partial charge in [0.1, 0.15) is 0 Å². The maximum atomic E-state index is 6.01. The van der Waals surface area contributed by atoms with Crippen LogP contribution in [-0.4, -0.2) is 56.5 Å². The van der Waals surface area contributed by atoms with Crippen molar-refractivity contribution in [3.8, 4) is 0 Å². The minimum Gasteiger partial charge on any atom is -0.383 e. The van der Waals surface area contributed by atoms with Crippen molar-refractivity contribution in [2.24, 2.45) is 5.73 Å². The van der Waals surface area contributed by atoms with Gasteiger partial charge in [0, 0.05) is 32.8 Å². The van der Waals surface area contributed by atoms with Gasteiger partial charge in [0.05, 0.1) is 18.8 Å². The van der Waals surface area contributed by atoms with E-state index >= 15 is 0 Å². The molecule has 0 aliphatic heterocycles. The number of hydrogen-bond donors (Lipinski definition) is 1. The Bertz CT molecular complexity index is 198. The van der Waals surface area contributed by atoms with Crippen LogP contribution in [0.5, 0.6) is 0 Å². The molecular weight excluding hydrogens is 228 g/mol. The number of nitrogens with two attached hydrogens (primary N) is 1. The molecule has 4 heteroatoms. The van der Waals surface area contributed by atoms with Crippen molar-refractivity contribution < 1.29 is 9.47 Å². The zero-order valence-electron chi connectivity index (χ0n) is 12.9. The molecule has 110 valence electrons. The lowest BCUT2D eigenvalue weighted by molar-refractivity contribution is -0.0266. The van der Waals surface area contributed by atoms with Crippen LogP contribution in [-0.2, 0) is 9.47 Å². The molecular formula is C14H32N2O2. The summed E-state index contributed by atoms with van der Waals surface area (Å²) in [5.74, 6) is 0. The summed E-state index contributed by atoms with van der Waals surface area (Å²) in [7, 11) is 1.74. The molecule has 0 saturated carbocycles. The van der Waals surface area contributed by atoms with Gasteiger partial charge in [-0.25, -0.2) is 0 Å². The van der Waals surface area contributed by atoms with Crippen molar-refractivity contribution in [1.82, 2.24) is 4.90 Å².